The van der Waals surface area contributed by atoms with Crippen LogP contribution in [0.15, 0.2) is 18.3 Å². The second-order valence-electron chi connectivity index (χ2n) is 3.49. The molecule has 0 aromatic carbocycles. The molecule has 15 heavy (non-hydrogen) atoms. The van der Waals surface area contributed by atoms with Gasteiger partial charge in [-0.2, -0.15) is 0 Å². The number of aromatic nitrogens is 1. The zero-order chi connectivity index (χ0) is 10.9. The molecule has 3 heteroatoms. The molecule has 1 rings (SSSR count). The molecule has 0 aliphatic carbocycles. The lowest BCUT2D eigenvalue weighted by Gasteiger charge is -2.07. The van der Waals surface area contributed by atoms with Gasteiger partial charge in [0.2, 0.25) is 0 Å². The number of nitrogens with one attached hydrogen (secondary N) is 1. The topological polar surface area (TPSA) is 34.2 Å². The van der Waals surface area contributed by atoms with Crippen molar-refractivity contribution in [2.75, 3.05) is 20.3 Å². The highest BCUT2D eigenvalue weighted by molar-refractivity contribution is 5.19. The lowest BCUT2D eigenvalue weighted by molar-refractivity contribution is 0.194. The highest BCUT2D eigenvalue weighted by atomic mass is 16.5. The second-order valence-corrected chi connectivity index (χ2v) is 3.49. The molecule has 1 aromatic heterocycles. The normalized spacial score (nSPS) is 10.5. The molecule has 0 saturated heterocycles. The molecule has 0 spiro atoms. The lowest BCUT2D eigenvalue weighted by atomic mass is 10.1. The highest BCUT2D eigenvalue weighted by Gasteiger charge is 1.99. The van der Waals surface area contributed by atoms with E-state index in [0.717, 1.165) is 38.2 Å². The fraction of sp³-hybridized carbons (Fsp3) is 0.583. The molecule has 84 valence electrons. The van der Waals surface area contributed by atoms with Crippen LogP contribution in [0.3, 0.4) is 0 Å². The molecule has 0 unspecified atom stereocenters. The number of rotatable bonds is 7. The Hall–Kier alpha value is -0.930. The summed E-state index contributed by atoms with van der Waals surface area (Å²) in [7, 11) is 1.73. The van der Waals surface area contributed by atoms with Gasteiger partial charge in [-0.25, -0.2) is 0 Å². The summed E-state index contributed by atoms with van der Waals surface area (Å²) in [4.78, 5) is 4.37. The van der Waals surface area contributed by atoms with Crippen molar-refractivity contribution in [1.82, 2.24) is 10.3 Å². The van der Waals surface area contributed by atoms with Gasteiger partial charge >= 0.3 is 0 Å². The van der Waals surface area contributed by atoms with Gasteiger partial charge in [0.1, 0.15) is 0 Å². The van der Waals surface area contributed by atoms with Crippen LogP contribution in [0.5, 0.6) is 0 Å². The minimum Gasteiger partial charge on any atom is -0.385 e. The van der Waals surface area contributed by atoms with Gasteiger partial charge in [-0.1, -0.05) is 13.0 Å². The Labute approximate surface area is 91.9 Å². The first-order valence-corrected chi connectivity index (χ1v) is 5.51. The lowest BCUT2D eigenvalue weighted by Crippen LogP contribution is -2.17. The standard InChI is InChI=1S/C12H20N2O/c1-3-11-6-4-8-14-12(11)10-13-7-5-9-15-2/h4,6,8,13H,3,5,7,9-10H2,1-2H3. The van der Waals surface area contributed by atoms with E-state index >= 15 is 0 Å². The van der Waals surface area contributed by atoms with Crippen LogP contribution in [0.1, 0.15) is 24.6 Å². The van der Waals surface area contributed by atoms with Crippen LogP contribution in [0.2, 0.25) is 0 Å². The molecule has 0 amide bonds. The van der Waals surface area contributed by atoms with Crippen LogP contribution in [0.25, 0.3) is 0 Å². The Morgan fingerprint density at radius 3 is 3.07 bits per heavy atom. The van der Waals surface area contributed by atoms with Gasteiger partial charge in [0, 0.05) is 26.5 Å². The second kappa shape index (κ2) is 7.37. The molecular formula is C12H20N2O. The maximum Gasteiger partial charge on any atom is 0.0573 e. The Bertz CT molecular complexity index is 276. The Morgan fingerprint density at radius 2 is 2.33 bits per heavy atom. The summed E-state index contributed by atoms with van der Waals surface area (Å²) in [5.74, 6) is 0. The average molecular weight is 208 g/mol. The van der Waals surface area contributed by atoms with Crippen molar-refractivity contribution in [3.63, 3.8) is 0 Å². The van der Waals surface area contributed by atoms with E-state index in [-0.39, 0.29) is 0 Å². The molecule has 1 heterocycles. The van der Waals surface area contributed by atoms with Crippen LogP contribution in [0, 0.1) is 0 Å². The zero-order valence-electron chi connectivity index (χ0n) is 9.62. The summed E-state index contributed by atoms with van der Waals surface area (Å²) in [6.07, 6.45) is 3.94. The van der Waals surface area contributed by atoms with Crippen LogP contribution in [-0.2, 0) is 17.7 Å². The zero-order valence-corrected chi connectivity index (χ0v) is 9.62. The maximum absolute atomic E-state index is 4.98. The third-order valence-corrected chi connectivity index (χ3v) is 2.36. The van der Waals surface area contributed by atoms with E-state index in [0.29, 0.717) is 0 Å². The van der Waals surface area contributed by atoms with Crippen LogP contribution >= 0.6 is 0 Å². The summed E-state index contributed by atoms with van der Waals surface area (Å²) in [5, 5.41) is 3.37. The molecule has 1 aromatic rings. The van der Waals surface area contributed by atoms with E-state index in [2.05, 4.69) is 23.3 Å². The molecule has 0 bridgehead atoms. The number of hydrogen-bond donors (Lipinski definition) is 1. The third kappa shape index (κ3) is 4.40. The first-order chi connectivity index (χ1) is 7.38. The number of pyridine rings is 1. The average Bonchev–Trinajstić information content (AvgIpc) is 2.29. The van der Waals surface area contributed by atoms with Gasteiger partial charge in [-0.15, -0.1) is 0 Å². The van der Waals surface area contributed by atoms with E-state index in [1.807, 2.05) is 12.3 Å². The predicted molar refractivity (Wildman–Crippen MR) is 61.8 cm³/mol. The highest BCUT2D eigenvalue weighted by Crippen LogP contribution is 2.05. The van der Waals surface area contributed by atoms with E-state index in [1.165, 1.54) is 5.56 Å². The van der Waals surface area contributed by atoms with Crippen molar-refractivity contribution in [3.8, 4) is 0 Å². The van der Waals surface area contributed by atoms with Gasteiger partial charge in [-0.3, -0.25) is 4.98 Å². The fourth-order valence-corrected chi connectivity index (χ4v) is 1.50. The third-order valence-electron chi connectivity index (χ3n) is 2.36. The smallest absolute Gasteiger partial charge is 0.0573 e. The number of aryl methyl sites for hydroxylation is 1. The van der Waals surface area contributed by atoms with Crippen molar-refractivity contribution in [2.45, 2.75) is 26.3 Å². The Morgan fingerprint density at radius 1 is 1.47 bits per heavy atom. The molecule has 0 fully saturated rings. The van der Waals surface area contributed by atoms with Crippen LogP contribution < -0.4 is 5.32 Å². The van der Waals surface area contributed by atoms with Gasteiger partial charge in [0.05, 0.1) is 5.69 Å². The molecule has 1 N–H and O–H groups in total. The quantitative estimate of drug-likeness (QED) is 0.693. The summed E-state index contributed by atoms with van der Waals surface area (Å²) in [6, 6.07) is 4.13. The van der Waals surface area contributed by atoms with Gasteiger partial charge in [0.25, 0.3) is 0 Å². The molecule has 0 aliphatic heterocycles. The van der Waals surface area contributed by atoms with Gasteiger partial charge in [-0.05, 0) is 31.0 Å². The van der Waals surface area contributed by atoms with Crippen molar-refractivity contribution in [2.24, 2.45) is 0 Å². The van der Waals surface area contributed by atoms with E-state index in [9.17, 15) is 0 Å². The summed E-state index contributed by atoms with van der Waals surface area (Å²) >= 11 is 0. The molecule has 0 aliphatic rings. The molecular weight excluding hydrogens is 188 g/mol. The fourth-order valence-electron chi connectivity index (χ4n) is 1.50. The predicted octanol–water partition coefficient (Wildman–Crippen LogP) is 1.77. The number of hydrogen-bond acceptors (Lipinski definition) is 3. The largest absolute Gasteiger partial charge is 0.385 e. The van der Waals surface area contributed by atoms with Crippen LogP contribution in [-0.4, -0.2) is 25.2 Å². The molecule has 0 saturated carbocycles. The van der Waals surface area contributed by atoms with Gasteiger partial charge < -0.3 is 10.1 Å². The van der Waals surface area contributed by atoms with Gasteiger partial charge in [0.15, 0.2) is 0 Å². The summed E-state index contributed by atoms with van der Waals surface area (Å²) in [5.41, 5.74) is 2.49. The monoisotopic (exact) mass is 208 g/mol. The van der Waals surface area contributed by atoms with E-state index in [4.69, 9.17) is 4.74 Å². The molecule has 0 atom stereocenters. The number of nitrogens with zero attached hydrogens (tertiary/aromatic N) is 1. The van der Waals surface area contributed by atoms with E-state index < -0.39 is 0 Å². The van der Waals surface area contributed by atoms with Crippen molar-refractivity contribution in [1.29, 1.82) is 0 Å². The molecule has 3 nitrogen and oxygen atoms in total. The van der Waals surface area contributed by atoms with Crippen LogP contribution in [0.4, 0.5) is 0 Å². The number of methoxy groups -OCH3 is 1. The minimum atomic E-state index is 0.815. The van der Waals surface area contributed by atoms with E-state index in [1.54, 1.807) is 7.11 Å². The SMILES string of the molecule is CCc1cccnc1CNCCCOC. The number of ether oxygens (including phenoxy) is 1. The minimum absolute atomic E-state index is 0.815. The van der Waals surface area contributed by atoms with Crippen molar-refractivity contribution >= 4 is 0 Å². The maximum atomic E-state index is 4.98. The Kier molecular flexibility index (Phi) is 5.97. The van der Waals surface area contributed by atoms with Crippen molar-refractivity contribution < 1.29 is 4.74 Å². The molecule has 0 radical (unpaired) electrons. The first-order valence-electron chi connectivity index (χ1n) is 5.51. The Balaban J connectivity index is 2.30. The first kappa shape index (κ1) is 12.1. The summed E-state index contributed by atoms with van der Waals surface area (Å²) in [6.45, 7) is 4.81. The summed E-state index contributed by atoms with van der Waals surface area (Å²) < 4.78 is 4.98. The van der Waals surface area contributed by atoms with Crippen molar-refractivity contribution in [3.05, 3.63) is 29.6 Å².